The fraction of sp³-hybridized carbons (Fsp3) is 0. The first kappa shape index (κ1) is 9.90. The minimum atomic E-state index is -0.401. The van der Waals surface area contributed by atoms with Crippen LogP contribution in [0.2, 0.25) is 0 Å². The molecule has 1 heterocycles. The van der Waals surface area contributed by atoms with E-state index in [0.29, 0.717) is 14.3 Å². The Morgan fingerprint density at radius 3 is 3.07 bits per heavy atom. The monoisotopic (exact) mass is 288 g/mol. The summed E-state index contributed by atoms with van der Waals surface area (Å²) in [6.07, 6.45) is 0. The Labute approximate surface area is 95.9 Å². The third-order valence-corrected chi connectivity index (χ3v) is 3.67. The molecular weight excluding hydrogens is 287 g/mol. The van der Waals surface area contributed by atoms with Crippen LogP contribution >= 0.6 is 39.0 Å². The maximum absolute atomic E-state index is 13.3. The minimum Gasteiger partial charge on any atom is -0.229 e. The first-order valence-corrected chi connectivity index (χ1v) is 5.95. The first-order valence-electron chi connectivity index (χ1n) is 3.52. The van der Waals surface area contributed by atoms with Gasteiger partial charge in [0.2, 0.25) is 0 Å². The Balaban J connectivity index is 2.65. The maximum Gasteiger partial charge on any atom is 0.160 e. The molecule has 2 nitrogen and oxygen atoms in total. The number of aromatic nitrogens is 1. The fourth-order valence-electron chi connectivity index (χ4n) is 1.03. The molecule has 6 heteroatoms. The zero-order valence-electron chi connectivity index (χ0n) is 6.62. The van der Waals surface area contributed by atoms with Crippen molar-refractivity contribution < 1.29 is 4.39 Å². The zero-order valence-corrected chi connectivity index (χ0v) is 9.84. The summed E-state index contributed by atoms with van der Waals surface area (Å²) in [5.74, 6) is -0.401. The molecule has 2 rings (SSSR count). The van der Waals surface area contributed by atoms with Gasteiger partial charge in [-0.15, -0.1) is 11.3 Å². The van der Waals surface area contributed by atoms with E-state index in [4.69, 9.17) is 5.26 Å². The molecular formula is C8H2BrFN2S2. The van der Waals surface area contributed by atoms with Gasteiger partial charge >= 0.3 is 0 Å². The summed E-state index contributed by atoms with van der Waals surface area (Å²) in [6.45, 7) is 0. The maximum atomic E-state index is 13.3. The second-order valence-corrected chi connectivity index (χ2v) is 5.54. The van der Waals surface area contributed by atoms with Gasteiger partial charge < -0.3 is 0 Å². The molecule has 0 atom stereocenters. The summed E-state index contributed by atoms with van der Waals surface area (Å²) in [4.78, 5) is 4.42. The third-order valence-electron chi connectivity index (χ3n) is 1.57. The number of thioether (sulfide) groups is 1. The highest BCUT2D eigenvalue weighted by molar-refractivity contribution is 9.11. The quantitative estimate of drug-likeness (QED) is 0.592. The van der Waals surface area contributed by atoms with Gasteiger partial charge in [-0.2, -0.15) is 5.26 Å². The molecule has 14 heavy (non-hydrogen) atoms. The summed E-state index contributed by atoms with van der Waals surface area (Å²) in [5, 5.41) is 10.3. The van der Waals surface area contributed by atoms with Crippen LogP contribution in [0.1, 0.15) is 0 Å². The number of hydrogen-bond acceptors (Lipinski definition) is 4. The van der Waals surface area contributed by atoms with Gasteiger partial charge in [0.15, 0.2) is 3.92 Å². The number of fused-ring (bicyclic) bond motifs is 1. The second-order valence-electron chi connectivity index (χ2n) is 2.41. The van der Waals surface area contributed by atoms with E-state index in [9.17, 15) is 4.39 Å². The molecule has 0 saturated carbocycles. The Hall–Kier alpha value is -0.640. The van der Waals surface area contributed by atoms with Crippen molar-refractivity contribution in [1.29, 1.82) is 5.26 Å². The van der Waals surface area contributed by atoms with Crippen molar-refractivity contribution in [2.75, 3.05) is 0 Å². The second kappa shape index (κ2) is 3.85. The molecule has 0 bridgehead atoms. The molecule has 2 aromatic rings. The van der Waals surface area contributed by atoms with Crippen molar-refractivity contribution in [1.82, 2.24) is 4.98 Å². The standard InChI is InChI=1S/C8H2BrFN2S2/c9-8-12-5-1-4(10)6(13-3-11)2-7(5)14-8/h1-2H. The number of thiazole rings is 1. The Bertz CT molecular complexity index is 532. The lowest BCUT2D eigenvalue weighted by atomic mass is 10.3. The largest absolute Gasteiger partial charge is 0.229 e. The van der Waals surface area contributed by atoms with Crippen LogP contribution in [-0.2, 0) is 0 Å². The highest BCUT2D eigenvalue weighted by atomic mass is 79.9. The molecule has 1 aromatic heterocycles. The van der Waals surface area contributed by atoms with E-state index < -0.39 is 5.82 Å². The van der Waals surface area contributed by atoms with Gasteiger partial charge in [-0.1, -0.05) is 0 Å². The van der Waals surface area contributed by atoms with E-state index in [2.05, 4.69) is 20.9 Å². The average molecular weight is 289 g/mol. The molecule has 0 aliphatic carbocycles. The topological polar surface area (TPSA) is 36.7 Å². The van der Waals surface area contributed by atoms with E-state index in [1.165, 1.54) is 17.4 Å². The zero-order chi connectivity index (χ0) is 10.1. The van der Waals surface area contributed by atoms with Crippen molar-refractivity contribution >= 4 is 49.2 Å². The van der Waals surface area contributed by atoms with Crippen molar-refractivity contribution in [2.45, 2.75) is 4.90 Å². The van der Waals surface area contributed by atoms with E-state index >= 15 is 0 Å². The molecule has 70 valence electrons. The molecule has 0 amide bonds. The Morgan fingerprint density at radius 2 is 2.36 bits per heavy atom. The summed E-state index contributed by atoms with van der Waals surface area (Å²) in [5.41, 5.74) is 0.613. The van der Waals surface area contributed by atoms with E-state index in [1.807, 2.05) is 5.40 Å². The number of halogens is 2. The van der Waals surface area contributed by atoms with Gasteiger partial charge in [0.1, 0.15) is 11.2 Å². The summed E-state index contributed by atoms with van der Waals surface area (Å²) in [6, 6.07) is 2.98. The van der Waals surface area contributed by atoms with E-state index in [-0.39, 0.29) is 0 Å². The molecule has 0 aliphatic rings. The lowest BCUT2D eigenvalue weighted by Crippen LogP contribution is -1.79. The summed E-state index contributed by atoms with van der Waals surface area (Å²) < 4.78 is 14.9. The summed E-state index contributed by atoms with van der Waals surface area (Å²) in [7, 11) is 0. The first-order chi connectivity index (χ1) is 6.70. The van der Waals surface area contributed by atoms with Crippen molar-refractivity contribution in [3.05, 3.63) is 21.9 Å². The Kier molecular flexibility index (Phi) is 2.72. The smallest absolute Gasteiger partial charge is 0.160 e. The molecule has 0 spiro atoms. The van der Waals surface area contributed by atoms with Gasteiger partial charge in [0.05, 0.1) is 15.1 Å². The highest BCUT2D eigenvalue weighted by Crippen LogP contribution is 2.31. The lowest BCUT2D eigenvalue weighted by Gasteiger charge is -1.95. The van der Waals surface area contributed by atoms with E-state index in [1.54, 1.807) is 6.07 Å². The minimum absolute atomic E-state index is 0.344. The third kappa shape index (κ3) is 1.75. The number of nitrogens with zero attached hydrogens (tertiary/aromatic N) is 2. The van der Waals surface area contributed by atoms with Crippen LogP contribution in [0.25, 0.3) is 10.2 Å². The molecule has 0 fully saturated rings. The van der Waals surface area contributed by atoms with Crippen LogP contribution in [-0.4, -0.2) is 4.98 Å². The van der Waals surface area contributed by atoms with Gasteiger partial charge in [-0.05, 0) is 33.8 Å². The van der Waals surface area contributed by atoms with Gasteiger partial charge in [-0.25, -0.2) is 9.37 Å². The van der Waals surface area contributed by atoms with Crippen LogP contribution in [0.3, 0.4) is 0 Å². The number of nitriles is 1. The predicted molar refractivity (Wildman–Crippen MR) is 58.7 cm³/mol. The van der Waals surface area contributed by atoms with Crippen LogP contribution in [0, 0.1) is 16.5 Å². The van der Waals surface area contributed by atoms with Crippen molar-refractivity contribution in [2.24, 2.45) is 0 Å². The lowest BCUT2D eigenvalue weighted by molar-refractivity contribution is 0.604. The van der Waals surface area contributed by atoms with Crippen LogP contribution in [0.5, 0.6) is 0 Å². The summed E-state index contributed by atoms with van der Waals surface area (Å²) >= 11 is 5.46. The van der Waals surface area contributed by atoms with Crippen LogP contribution in [0.4, 0.5) is 4.39 Å². The number of benzene rings is 1. The van der Waals surface area contributed by atoms with Gasteiger partial charge in [0.25, 0.3) is 0 Å². The number of thiocyanates is 1. The predicted octanol–water partition coefficient (Wildman–Crippen LogP) is 3.77. The SMILES string of the molecule is N#CSc1cc2sc(Br)nc2cc1F. The molecule has 0 unspecified atom stereocenters. The highest BCUT2D eigenvalue weighted by Gasteiger charge is 2.08. The molecule has 0 N–H and O–H groups in total. The van der Waals surface area contributed by atoms with E-state index in [0.717, 1.165) is 16.5 Å². The van der Waals surface area contributed by atoms with Crippen LogP contribution in [0.15, 0.2) is 20.9 Å². The van der Waals surface area contributed by atoms with Crippen molar-refractivity contribution in [3.63, 3.8) is 0 Å². The molecule has 0 aliphatic heterocycles. The van der Waals surface area contributed by atoms with Crippen LogP contribution < -0.4 is 0 Å². The molecule has 1 aromatic carbocycles. The number of hydrogen-bond donors (Lipinski definition) is 0. The normalized spacial score (nSPS) is 10.4. The molecule has 0 saturated heterocycles. The Morgan fingerprint density at radius 1 is 1.57 bits per heavy atom. The van der Waals surface area contributed by atoms with Gasteiger partial charge in [0, 0.05) is 6.07 Å². The number of rotatable bonds is 1. The van der Waals surface area contributed by atoms with Crippen molar-refractivity contribution in [3.8, 4) is 5.40 Å². The van der Waals surface area contributed by atoms with Gasteiger partial charge in [-0.3, -0.25) is 0 Å². The molecule has 0 radical (unpaired) electrons. The fourth-order valence-corrected chi connectivity index (χ4v) is 2.96. The average Bonchev–Trinajstić information content (AvgIpc) is 2.45.